The maximum atomic E-state index is 11.9. The summed E-state index contributed by atoms with van der Waals surface area (Å²) in [5.41, 5.74) is 2.13. The molecule has 0 saturated heterocycles. The molecule has 0 atom stereocenters. The summed E-state index contributed by atoms with van der Waals surface area (Å²) < 4.78 is 8.68. The maximum Gasteiger partial charge on any atom is 0.360 e. The maximum absolute atomic E-state index is 11.9. The fourth-order valence-corrected chi connectivity index (χ4v) is 1.99. The molecule has 0 unspecified atom stereocenters. The van der Waals surface area contributed by atoms with Crippen molar-refractivity contribution in [3.63, 3.8) is 0 Å². The highest BCUT2D eigenvalue weighted by atomic mass is 16.5. The highest BCUT2D eigenvalue weighted by molar-refractivity contribution is 5.88. The zero-order valence-electron chi connectivity index (χ0n) is 12.0. The normalized spacial score (nSPS) is 10.8. The first-order chi connectivity index (χ1) is 9.67. The summed E-state index contributed by atoms with van der Waals surface area (Å²) in [5.74, 6) is -0.410. The molecular formula is C13H19N5O2. The predicted molar refractivity (Wildman–Crippen MR) is 72.3 cm³/mol. The Kier molecular flexibility index (Phi) is 4.49. The van der Waals surface area contributed by atoms with Crippen LogP contribution < -0.4 is 0 Å². The van der Waals surface area contributed by atoms with E-state index in [-0.39, 0.29) is 0 Å². The van der Waals surface area contributed by atoms with E-state index in [9.17, 15) is 4.79 Å². The lowest BCUT2D eigenvalue weighted by atomic mass is 10.2. The lowest BCUT2D eigenvalue weighted by molar-refractivity contribution is 0.0518. The predicted octanol–water partition coefficient (Wildman–Crippen LogP) is 1.19. The van der Waals surface area contributed by atoms with Gasteiger partial charge in [0.05, 0.1) is 37.1 Å². The summed E-state index contributed by atoms with van der Waals surface area (Å²) in [4.78, 5) is 15.9. The van der Waals surface area contributed by atoms with Crippen molar-refractivity contribution in [2.24, 2.45) is 7.05 Å². The second-order valence-corrected chi connectivity index (χ2v) is 4.51. The summed E-state index contributed by atoms with van der Waals surface area (Å²) >= 11 is 0. The van der Waals surface area contributed by atoms with Crippen LogP contribution in [0.4, 0.5) is 0 Å². The van der Waals surface area contributed by atoms with Crippen molar-refractivity contribution in [3.05, 3.63) is 29.6 Å². The number of imidazole rings is 1. The Hall–Kier alpha value is -2.18. The molecule has 20 heavy (non-hydrogen) atoms. The number of nitrogens with zero attached hydrogens (tertiary/aromatic N) is 5. The number of hydrogen-bond acceptors (Lipinski definition) is 5. The molecule has 7 heteroatoms. The number of carbonyl (C=O) groups is 1. The van der Waals surface area contributed by atoms with Crippen molar-refractivity contribution in [1.82, 2.24) is 24.5 Å². The van der Waals surface area contributed by atoms with Gasteiger partial charge in [-0.1, -0.05) is 18.6 Å². The van der Waals surface area contributed by atoms with Gasteiger partial charge in [0.25, 0.3) is 0 Å². The van der Waals surface area contributed by atoms with Crippen molar-refractivity contribution in [3.8, 4) is 0 Å². The molecule has 0 radical (unpaired) electrons. The number of carbonyl (C=O) groups excluding carboxylic acids is 1. The number of rotatable bonds is 6. The quantitative estimate of drug-likeness (QED) is 0.741. The molecule has 0 aliphatic heterocycles. The Morgan fingerprint density at radius 2 is 2.20 bits per heavy atom. The Morgan fingerprint density at radius 3 is 2.80 bits per heavy atom. The first-order valence-electron chi connectivity index (χ1n) is 6.72. The van der Waals surface area contributed by atoms with Gasteiger partial charge in [-0.15, -0.1) is 5.10 Å². The van der Waals surface area contributed by atoms with Crippen LogP contribution in [-0.4, -0.2) is 37.1 Å². The summed E-state index contributed by atoms with van der Waals surface area (Å²) in [6.07, 6.45) is 5.16. The van der Waals surface area contributed by atoms with Crippen LogP contribution in [0.3, 0.4) is 0 Å². The molecule has 0 N–H and O–H groups in total. The van der Waals surface area contributed by atoms with Gasteiger partial charge in [0.15, 0.2) is 5.69 Å². The molecule has 0 aromatic carbocycles. The molecule has 0 amide bonds. The van der Waals surface area contributed by atoms with E-state index in [1.165, 1.54) is 0 Å². The Balaban J connectivity index is 2.29. The van der Waals surface area contributed by atoms with Gasteiger partial charge in [0.2, 0.25) is 0 Å². The summed E-state index contributed by atoms with van der Waals surface area (Å²) in [6, 6.07) is 0. The van der Waals surface area contributed by atoms with Crippen molar-refractivity contribution < 1.29 is 9.53 Å². The van der Waals surface area contributed by atoms with Crippen molar-refractivity contribution in [2.45, 2.75) is 33.2 Å². The molecule has 2 aromatic heterocycles. The molecule has 0 fully saturated rings. The Bertz CT molecular complexity index is 587. The average Bonchev–Trinajstić information content (AvgIpc) is 2.99. The molecule has 0 aliphatic rings. The third-order valence-electron chi connectivity index (χ3n) is 3.02. The fourth-order valence-electron chi connectivity index (χ4n) is 1.99. The largest absolute Gasteiger partial charge is 0.461 e. The van der Waals surface area contributed by atoms with E-state index < -0.39 is 5.97 Å². The lowest BCUT2D eigenvalue weighted by Gasteiger charge is -2.07. The number of hydrogen-bond donors (Lipinski definition) is 0. The molecule has 7 nitrogen and oxygen atoms in total. The number of aromatic nitrogens is 5. The van der Waals surface area contributed by atoms with Gasteiger partial charge in [-0.25, -0.2) is 14.5 Å². The average molecular weight is 277 g/mol. The molecule has 2 rings (SSSR count). The first-order valence-corrected chi connectivity index (χ1v) is 6.72. The number of aryl methyl sites for hydroxylation is 1. The van der Waals surface area contributed by atoms with E-state index in [1.807, 2.05) is 11.6 Å². The summed E-state index contributed by atoms with van der Waals surface area (Å²) in [5, 5.41) is 8.05. The lowest BCUT2D eigenvalue weighted by Crippen LogP contribution is -2.12. The molecule has 108 valence electrons. The molecule has 0 aliphatic carbocycles. The van der Waals surface area contributed by atoms with Crippen molar-refractivity contribution in [1.29, 1.82) is 0 Å². The fraction of sp³-hybridized carbons (Fsp3) is 0.538. The molecule has 0 spiro atoms. The summed E-state index contributed by atoms with van der Waals surface area (Å²) in [6.45, 7) is 4.70. The topological polar surface area (TPSA) is 74.8 Å². The molecular weight excluding hydrogens is 258 g/mol. The van der Waals surface area contributed by atoms with Crippen LogP contribution in [0.5, 0.6) is 0 Å². The SMILES string of the molecule is CCCc1c(C(=O)OCC)nnn1Cc1cncn1C. The van der Waals surface area contributed by atoms with Crippen LogP contribution in [0.25, 0.3) is 0 Å². The molecule has 2 heterocycles. The van der Waals surface area contributed by atoms with Crippen LogP contribution in [0.1, 0.15) is 42.1 Å². The van der Waals surface area contributed by atoms with Gasteiger partial charge in [-0.05, 0) is 13.3 Å². The van der Waals surface area contributed by atoms with Gasteiger partial charge in [0.1, 0.15) is 0 Å². The van der Waals surface area contributed by atoms with E-state index in [2.05, 4.69) is 22.2 Å². The highest BCUT2D eigenvalue weighted by Gasteiger charge is 2.20. The second kappa shape index (κ2) is 6.31. The van der Waals surface area contributed by atoms with E-state index in [0.717, 1.165) is 24.2 Å². The van der Waals surface area contributed by atoms with Crippen LogP contribution >= 0.6 is 0 Å². The zero-order chi connectivity index (χ0) is 14.5. The minimum Gasteiger partial charge on any atom is -0.461 e. The minimum absolute atomic E-state index is 0.316. The van der Waals surface area contributed by atoms with Gasteiger partial charge in [-0.3, -0.25) is 0 Å². The first kappa shape index (κ1) is 14.2. The van der Waals surface area contributed by atoms with E-state index in [4.69, 9.17) is 4.74 Å². The van der Waals surface area contributed by atoms with E-state index in [0.29, 0.717) is 18.8 Å². The zero-order valence-corrected chi connectivity index (χ0v) is 12.0. The van der Waals surface area contributed by atoms with Gasteiger partial charge < -0.3 is 9.30 Å². The van der Waals surface area contributed by atoms with Crippen LogP contribution in [0, 0.1) is 0 Å². The molecule has 2 aromatic rings. The minimum atomic E-state index is -0.410. The number of esters is 1. The van der Waals surface area contributed by atoms with Gasteiger partial charge in [-0.2, -0.15) is 0 Å². The van der Waals surface area contributed by atoms with Crippen molar-refractivity contribution >= 4 is 5.97 Å². The molecule has 0 saturated carbocycles. The third-order valence-corrected chi connectivity index (χ3v) is 3.02. The second-order valence-electron chi connectivity index (χ2n) is 4.51. The van der Waals surface area contributed by atoms with E-state index >= 15 is 0 Å². The standard InChI is InChI=1S/C13H19N5O2/c1-4-6-11-12(13(19)20-5-2)15-16-18(11)8-10-7-14-9-17(10)3/h7,9H,4-6,8H2,1-3H3. The van der Waals surface area contributed by atoms with Crippen LogP contribution in [0.15, 0.2) is 12.5 Å². The van der Waals surface area contributed by atoms with Crippen LogP contribution in [-0.2, 0) is 24.8 Å². The number of ether oxygens (including phenoxy) is 1. The highest BCUT2D eigenvalue weighted by Crippen LogP contribution is 2.12. The Labute approximate surface area is 117 Å². The summed E-state index contributed by atoms with van der Waals surface area (Å²) in [7, 11) is 1.92. The monoisotopic (exact) mass is 277 g/mol. The smallest absolute Gasteiger partial charge is 0.360 e. The van der Waals surface area contributed by atoms with Gasteiger partial charge >= 0.3 is 5.97 Å². The molecule has 0 bridgehead atoms. The van der Waals surface area contributed by atoms with E-state index in [1.54, 1.807) is 24.1 Å². The van der Waals surface area contributed by atoms with Crippen LogP contribution in [0.2, 0.25) is 0 Å². The third kappa shape index (κ3) is 2.87. The van der Waals surface area contributed by atoms with Gasteiger partial charge in [0, 0.05) is 7.05 Å². The van der Waals surface area contributed by atoms with Crippen molar-refractivity contribution in [2.75, 3.05) is 6.61 Å². The Morgan fingerprint density at radius 1 is 1.40 bits per heavy atom.